The molecule has 2 aromatic heterocycles. The van der Waals surface area contributed by atoms with Gasteiger partial charge in [0, 0.05) is 24.0 Å². The first-order valence-electron chi connectivity index (χ1n) is 9.05. The third kappa shape index (κ3) is 2.76. The molecule has 0 spiro atoms. The summed E-state index contributed by atoms with van der Waals surface area (Å²) in [5.74, 6) is -1.07. The van der Waals surface area contributed by atoms with Crippen LogP contribution in [0.15, 0.2) is 22.6 Å². The lowest BCUT2D eigenvalue weighted by Crippen LogP contribution is -2.42. The predicted molar refractivity (Wildman–Crippen MR) is 94.8 cm³/mol. The van der Waals surface area contributed by atoms with E-state index >= 15 is 0 Å². The summed E-state index contributed by atoms with van der Waals surface area (Å²) in [6.45, 7) is 5.60. The molecule has 0 saturated heterocycles. The number of carbonyl (C=O) groups is 1. The van der Waals surface area contributed by atoms with Crippen LogP contribution in [0.1, 0.15) is 53.2 Å². The molecule has 0 N–H and O–H groups in total. The molecule has 0 aliphatic carbocycles. The number of aryl methyl sites for hydroxylation is 2. The van der Waals surface area contributed by atoms with Crippen LogP contribution in [0.2, 0.25) is 0 Å². The zero-order valence-electron chi connectivity index (χ0n) is 15.7. The van der Waals surface area contributed by atoms with Crippen LogP contribution in [0.3, 0.4) is 0 Å². The molecule has 0 fully saturated rings. The summed E-state index contributed by atoms with van der Waals surface area (Å²) < 4.78 is 46.0. The highest BCUT2D eigenvalue weighted by Gasteiger charge is 2.42. The number of aromatic nitrogens is 3. The second-order valence-corrected chi connectivity index (χ2v) is 6.95. The summed E-state index contributed by atoms with van der Waals surface area (Å²) >= 11 is 0. The fourth-order valence-corrected chi connectivity index (χ4v) is 3.69. The Morgan fingerprint density at radius 3 is 2.71 bits per heavy atom. The molecule has 0 bridgehead atoms. The minimum absolute atomic E-state index is 0.0213. The average molecular weight is 392 g/mol. The van der Waals surface area contributed by atoms with E-state index in [4.69, 9.17) is 4.42 Å². The summed E-state index contributed by atoms with van der Waals surface area (Å²) in [5.41, 5.74) is 2.48. The van der Waals surface area contributed by atoms with Crippen molar-refractivity contribution in [2.24, 2.45) is 0 Å². The van der Waals surface area contributed by atoms with Gasteiger partial charge in [-0.2, -0.15) is 13.2 Å². The van der Waals surface area contributed by atoms with Gasteiger partial charge >= 0.3 is 6.18 Å². The van der Waals surface area contributed by atoms with Gasteiger partial charge in [0.2, 0.25) is 5.82 Å². The monoisotopic (exact) mass is 392 g/mol. The molecule has 28 heavy (non-hydrogen) atoms. The molecule has 0 saturated carbocycles. The number of furan rings is 1. The van der Waals surface area contributed by atoms with Gasteiger partial charge in [-0.15, -0.1) is 10.2 Å². The first kappa shape index (κ1) is 18.5. The number of amides is 1. The van der Waals surface area contributed by atoms with Gasteiger partial charge in [-0.3, -0.25) is 4.79 Å². The standard InChI is InChI=1S/C19H19F3N4O2/c1-4-12-5-6-14-13(9-12)10(2)15(28-14)17(27)25-7-8-26-16(11(25)3)23-24-18(26)19(20,21)22/h5-6,9,11H,4,7-8H2,1-3H3. The Labute approximate surface area is 158 Å². The summed E-state index contributed by atoms with van der Waals surface area (Å²) in [6.07, 6.45) is -3.71. The van der Waals surface area contributed by atoms with Crippen molar-refractivity contribution in [1.29, 1.82) is 0 Å². The van der Waals surface area contributed by atoms with Gasteiger partial charge in [0.05, 0.1) is 6.04 Å². The zero-order valence-corrected chi connectivity index (χ0v) is 15.7. The van der Waals surface area contributed by atoms with Crippen LogP contribution in [-0.2, 0) is 19.1 Å². The molecule has 3 aromatic rings. The second kappa shape index (κ2) is 6.35. The van der Waals surface area contributed by atoms with E-state index in [9.17, 15) is 18.0 Å². The molecule has 1 atom stereocenters. The number of carbonyl (C=O) groups excluding carboxylic acids is 1. The Hall–Kier alpha value is -2.84. The van der Waals surface area contributed by atoms with Gasteiger partial charge in [-0.05, 0) is 38.0 Å². The number of alkyl halides is 3. The number of hydrogen-bond acceptors (Lipinski definition) is 4. The van der Waals surface area contributed by atoms with Crippen molar-refractivity contribution in [2.45, 2.75) is 46.0 Å². The van der Waals surface area contributed by atoms with Crippen molar-refractivity contribution in [2.75, 3.05) is 6.54 Å². The molecule has 6 nitrogen and oxygen atoms in total. The smallest absolute Gasteiger partial charge is 0.451 e. The van der Waals surface area contributed by atoms with Gasteiger partial charge in [0.1, 0.15) is 5.58 Å². The fraction of sp³-hybridized carbons (Fsp3) is 0.421. The van der Waals surface area contributed by atoms with E-state index in [-0.39, 0.29) is 30.6 Å². The third-order valence-corrected chi connectivity index (χ3v) is 5.30. The van der Waals surface area contributed by atoms with Crippen molar-refractivity contribution >= 4 is 16.9 Å². The van der Waals surface area contributed by atoms with Crippen molar-refractivity contribution < 1.29 is 22.4 Å². The maximum Gasteiger partial charge on any atom is 0.451 e. The molecular formula is C19H19F3N4O2. The first-order valence-corrected chi connectivity index (χ1v) is 9.05. The number of nitrogens with zero attached hydrogens (tertiary/aromatic N) is 4. The molecule has 9 heteroatoms. The lowest BCUT2D eigenvalue weighted by molar-refractivity contribution is -0.148. The Balaban J connectivity index is 1.69. The van der Waals surface area contributed by atoms with Crippen LogP contribution < -0.4 is 0 Å². The highest BCUT2D eigenvalue weighted by Crippen LogP contribution is 2.34. The molecule has 1 aromatic carbocycles. The summed E-state index contributed by atoms with van der Waals surface area (Å²) in [4.78, 5) is 14.6. The average Bonchev–Trinajstić information content (AvgIpc) is 3.23. The molecule has 1 aliphatic rings. The second-order valence-electron chi connectivity index (χ2n) is 6.95. The molecule has 0 radical (unpaired) electrons. The van der Waals surface area contributed by atoms with Crippen molar-refractivity contribution in [3.63, 3.8) is 0 Å². The van der Waals surface area contributed by atoms with Gasteiger partial charge in [-0.1, -0.05) is 13.0 Å². The number of rotatable bonds is 2. The molecule has 1 unspecified atom stereocenters. The Morgan fingerprint density at radius 1 is 1.29 bits per heavy atom. The van der Waals surface area contributed by atoms with Crippen molar-refractivity contribution in [3.05, 3.63) is 46.7 Å². The Bertz CT molecular complexity index is 1070. The summed E-state index contributed by atoms with van der Waals surface area (Å²) in [7, 11) is 0. The van der Waals surface area contributed by atoms with E-state index < -0.39 is 18.0 Å². The predicted octanol–water partition coefficient (Wildman–Crippen LogP) is 4.13. The number of hydrogen-bond donors (Lipinski definition) is 0. The molecular weight excluding hydrogens is 373 g/mol. The van der Waals surface area contributed by atoms with Crippen LogP contribution in [-0.4, -0.2) is 32.1 Å². The van der Waals surface area contributed by atoms with E-state index in [1.807, 2.05) is 32.0 Å². The first-order chi connectivity index (χ1) is 13.2. The van der Waals surface area contributed by atoms with E-state index in [1.54, 1.807) is 6.92 Å². The normalized spacial score (nSPS) is 17.2. The molecule has 1 amide bonds. The maximum absolute atomic E-state index is 13.1. The van der Waals surface area contributed by atoms with Gasteiger partial charge in [0.15, 0.2) is 11.6 Å². The maximum atomic E-state index is 13.1. The van der Waals surface area contributed by atoms with E-state index in [1.165, 1.54) is 4.90 Å². The van der Waals surface area contributed by atoms with Gasteiger partial charge in [-0.25, -0.2) is 0 Å². The van der Waals surface area contributed by atoms with E-state index in [0.29, 0.717) is 5.58 Å². The summed E-state index contributed by atoms with van der Waals surface area (Å²) in [6, 6.07) is 5.13. The third-order valence-electron chi connectivity index (χ3n) is 5.30. The van der Waals surface area contributed by atoms with Crippen LogP contribution in [0.5, 0.6) is 0 Å². The van der Waals surface area contributed by atoms with Crippen molar-refractivity contribution in [3.8, 4) is 0 Å². The quantitative estimate of drug-likeness (QED) is 0.658. The van der Waals surface area contributed by atoms with Crippen LogP contribution >= 0.6 is 0 Å². The molecule has 1 aliphatic heterocycles. The minimum Gasteiger partial charge on any atom is -0.451 e. The Kier molecular flexibility index (Phi) is 4.20. The lowest BCUT2D eigenvalue weighted by Gasteiger charge is -2.33. The largest absolute Gasteiger partial charge is 0.451 e. The molecule has 4 rings (SSSR count). The minimum atomic E-state index is -4.58. The molecule has 148 valence electrons. The van der Waals surface area contributed by atoms with Gasteiger partial charge < -0.3 is 13.9 Å². The van der Waals surface area contributed by atoms with Crippen LogP contribution in [0, 0.1) is 6.92 Å². The zero-order chi connectivity index (χ0) is 20.2. The SMILES string of the molecule is CCc1ccc2oc(C(=O)N3CCn4c(nnc4C(F)(F)F)C3C)c(C)c2c1. The topological polar surface area (TPSA) is 64.2 Å². The summed E-state index contributed by atoms with van der Waals surface area (Å²) in [5, 5.41) is 7.84. The fourth-order valence-electron chi connectivity index (χ4n) is 3.69. The number of fused-ring (bicyclic) bond motifs is 2. The van der Waals surface area contributed by atoms with E-state index in [0.717, 1.165) is 27.5 Å². The van der Waals surface area contributed by atoms with Gasteiger partial charge in [0.25, 0.3) is 5.91 Å². The number of benzene rings is 1. The van der Waals surface area contributed by atoms with E-state index in [2.05, 4.69) is 10.2 Å². The number of halogens is 3. The lowest BCUT2D eigenvalue weighted by atomic mass is 10.1. The van der Waals surface area contributed by atoms with Crippen molar-refractivity contribution in [1.82, 2.24) is 19.7 Å². The van der Waals surface area contributed by atoms with Crippen LogP contribution in [0.4, 0.5) is 13.2 Å². The highest BCUT2D eigenvalue weighted by molar-refractivity contribution is 5.99. The highest BCUT2D eigenvalue weighted by atomic mass is 19.4. The molecule has 3 heterocycles. The van der Waals surface area contributed by atoms with Crippen LogP contribution in [0.25, 0.3) is 11.0 Å². The Morgan fingerprint density at radius 2 is 2.04 bits per heavy atom.